The predicted molar refractivity (Wildman–Crippen MR) is 159 cm³/mol. The monoisotopic (exact) mass is 470 g/mol. The molecule has 2 heteroatoms. The van der Waals surface area contributed by atoms with Crippen LogP contribution < -0.4 is 5.32 Å². The van der Waals surface area contributed by atoms with Crippen LogP contribution in [-0.2, 0) is 0 Å². The lowest BCUT2D eigenvalue weighted by atomic mass is 9.93. The Morgan fingerprint density at radius 2 is 1.32 bits per heavy atom. The van der Waals surface area contributed by atoms with E-state index in [0.29, 0.717) is 0 Å². The fourth-order valence-corrected chi connectivity index (χ4v) is 3.79. The van der Waals surface area contributed by atoms with Crippen LogP contribution in [0.4, 0.5) is 0 Å². The van der Waals surface area contributed by atoms with Gasteiger partial charge in [-0.2, -0.15) is 0 Å². The molecule has 0 bridgehead atoms. The second-order valence-corrected chi connectivity index (χ2v) is 8.71. The minimum Gasteiger partial charge on any atom is -0.314 e. The highest BCUT2D eigenvalue weighted by Crippen LogP contribution is 2.20. The predicted octanol–water partition coefficient (Wildman–Crippen LogP) is 9.06. The summed E-state index contributed by atoms with van der Waals surface area (Å²) < 4.78 is 0. The van der Waals surface area contributed by atoms with E-state index in [1.54, 1.807) is 0 Å². The van der Waals surface area contributed by atoms with Gasteiger partial charge in [-0.05, 0) is 44.6 Å². The topological polar surface area (TPSA) is 15.3 Å². The van der Waals surface area contributed by atoms with Gasteiger partial charge in [0.15, 0.2) is 0 Å². The Labute approximate surface area is 214 Å². The van der Waals surface area contributed by atoms with E-state index in [0.717, 1.165) is 57.9 Å². The standard InChI is InChI=1S/C16H28.C14H24N2.C2H6/c1-6-10-16(9-4)13-14(5)11-12-15(7-2)8-3;1-4-14(5-2)7-6-13(3)12-16-10-8-15-9-11-16;1-2/h7,11-12,16H,5-6,8-10,13H2,1-4H3;4,6-7,15H,3,5,8-12H2,1-2H3;1-2H3/b12-11-,15-7-;7-6-,14-4-;. The normalized spacial score (nSPS) is 16.0. The van der Waals surface area contributed by atoms with Gasteiger partial charge in [0.2, 0.25) is 0 Å². The van der Waals surface area contributed by atoms with Gasteiger partial charge in [-0.15, -0.1) is 0 Å². The molecule has 1 atom stereocenters. The molecule has 0 amide bonds. The van der Waals surface area contributed by atoms with Crippen LogP contribution in [0.5, 0.6) is 0 Å². The molecule has 1 heterocycles. The van der Waals surface area contributed by atoms with Gasteiger partial charge >= 0.3 is 0 Å². The smallest absolute Gasteiger partial charge is 0.0228 e. The van der Waals surface area contributed by atoms with Crippen LogP contribution in [0.3, 0.4) is 0 Å². The highest BCUT2D eigenvalue weighted by molar-refractivity contribution is 5.27. The van der Waals surface area contributed by atoms with Crippen molar-refractivity contribution < 1.29 is 0 Å². The van der Waals surface area contributed by atoms with Gasteiger partial charge in [0.25, 0.3) is 0 Å². The zero-order valence-electron chi connectivity index (χ0n) is 24.2. The highest BCUT2D eigenvalue weighted by atomic mass is 15.2. The molecule has 2 nitrogen and oxygen atoms in total. The Kier molecular flexibility index (Phi) is 24.9. The molecule has 0 aromatic rings. The van der Waals surface area contributed by atoms with Crippen molar-refractivity contribution in [3.63, 3.8) is 0 Å². The van der Waals surface area contributed by atoms with Crippen molar-refractivity contribution in [2.75, 3.05) is 32.7 Å². The molecule has 0 radical (unpaired) electrons. The van der Waals surface area contributed by atoms with Gasteiger partial charge in [-0.1, -0.05) is 127 Å². The SMILES string of the molecule is C=C(/C=C\C(=C/C)CC)CC(CC)CCC.C=C(/C=C\C(=C/C)CC)CN1CCNCC1.CC. The van der Waals surface area contributed by atoms with E-state index >= 15 is 0 Å². The Morgan fingerprint density at radius 3 is 1.74 bits per heavy atom. The van der Waals surface area contributed by atoms with Gasteiger partial charge in [-0.25, -0.2) is 0 Å². The van der Waals surface area contributed by atoms with Gasteiger partial charge in [0, 0.05) is 32.7 Å². The number of rotatable bonds is 13. The van der Waals surface area contributed by atoms with E-state index in [-0.39, 0.29) is 0 Å². The first-order valence-electron chi connectivity index (χ1n) is 13.9. The molecule has 1 aliphatic rings. The third-order valence-electron chi connectivity index (χ3n) is 6.09. The van der Waals surface area contributed by atoms with Crippen LogP contribution >= 0.6 is 0 Å². The van der Waals surface area contributed by atoms with Crippen molar-refractivity contribution in [2.45, 2.75) is 93.9 Å². The van der Waals surface area contributed by atoms with Crippen LogP contribution in [0.1, 0.15) is 93.9 Å². The zero-order chi connectivity index (χ0) is 26.2. The minimum atomic E-state index is 0.817. The molecule has 0 saturated carbocycles. The molecule has 1 aliphatic heterocycles. The van der Waals surface area contributed by atoms with Crippen molar-refractivity contribution in [3.05, 3.63) is 71.9 Å². The molecule has 0 aliphatic carbocycles. The molecular weight excluding hydrogens is 412 g/mol. The number of hydrogen-bond donors (Lipinski definition) is 1. The van der Waals surface area contributed by atoms with Gasteiger partial charge < -0.3 is 5.32 Å². The Bertz CT molecular complexity index is 583. The van der Waals surface area contributed by atoms with Crippen LogP contribution in [0.2, 0.25) is 0 Å². The maximum atomic E-state index is 4.15. The summed E-state index contributed by atoms with van der Waals surface area (Å²) in [5.41, 5.74) is 5.24. The Morgan fingerprint density at radius 1 is 0.824 bits per heavy atom. The zero-order valence-corrected chi connectivity index (χ0v) is 24.2. The van der Waals surface area contributed by atoms with Crippen molar-refractivity contribution in [3.8, 4) is 0 Å². The van der Waals surface area contributed by atoms with Crippen molar-refractivity contribution in [2.24, 2.45) is 5.92 Å². The second-order valence-electron chi connectivity index (χ2n) is 8.71. The molecule has 1 rings (SSSR count). The Hall–Kier alpha value is -1.64. The molecule has 196 valence electrons. The lowest BCUT2D eigenvalue weighted by Crippen LogP contribution is -2.43. The first-order chi connectivity index (χ1) is 16.4. The number of nitrogens with one attached hydrogen (secondary N) is 1. The first-order valence-corrected chi connectivity index (χ1v) is 13.9. The lowest BCUT2D eigenvalue weighted by Gasteiger charge is -2.27. The van der Waals surface area contributed by atoms with E-state index in [2.05, 4.69) is 101 Å². The van der Waals surface area contributed by atoms with E-state index in [9.17, 15) is 0 Å². The third-order valence-corrected chi connectivity index (χ3v) is 6.09. The molecule has 0 aromatic heterocycles. The molecule has 34 heavy (non-hydrogen) atoms. The largest absolute Gasteiger partial charge is 0.314 e. The summed E-state index contributed by atoms with van der Waals surface area (Å²) in [6, 6.07) is 0. The fraction of sp³-hybridized carbons (Fsp3) is 0.625. The summed E-state index contributed by atoms with van der Waals surface area (Å²) in [6.07, 6.45) is 20.3. The van der Waals surface area contributed by atoms with Crippen LogP contribution in [0, 0.1) is 5.92 Å². The number of piperazine rings is 1. The van der Waals surface area contributed by atoms with Crippen LogP contribution in [0.25, 0.3) is 0 Å². The summed E-state index contributed by atoms with van der Waals surface area (Å²) in [5.74, 6) is 0.817. The van der Waals surface area contributed by atoms with E-state index in [1.807, 2.05) is 13.8 Å². The first kappa shape index (κ1) is 34.5. The summed E-state index contributed by atoms with van der Waals surface area (Å²) in [7, 11) is 0. The molecule has 1 N–H and O–H groups in total. The second kappa shape index (κ2) is 24.5. The van der Waals surface area contributed by atoms with Crippen LogP contribution in [-0.4, -0.2) is 37.6 Å². The average Bonchev–Trinajstić information content (AvgIpc) is 2.87. The average molecular weight is 471 g/mol. The van der Waals surface area contributed by atoms with Crippen molar-refractivity contribution in [1.82, 2.24) is 10.2 Å². The molecule has 1 fully saturated rings. The van der Waals surface area contributed by atoms with Crippen molar-refractivity contribution >= 4 is 0 Å². The van der Waals surface area contributed by atoms with Crippen LogP contribution in [0.15, 0.2) is 71.9 Å². The Balaban J connectivity index is 0. The molecule has 1 unspecified atom stereocenters. The van der Waals surface area contributed by atoms with Gasteiger partial charge in [-0.3, -0.25) is 4.90 Å². The maximum absolute atomic E-state index is 4.15. The van der Waals surface area contributed by atoms with E-state index < -0.39 is 0 Å². The lowest BCUT2D eigenvalue weighted by molar-refractivity contribution is 0.261. The maximum Gasteiger partial charge on any atom is 0.0228 e. The van der Waals surface area contributed by atoms with E-state index in [1.165, 1.54) is 41.6 Å². The quantitative estimate of drug-likeness (QED) is 0.270. The summed E-state index contributed by atoms with van der Waals surface area (Å²) >= 11 is 0. The summed E-state index contributed by atoms with van der Waals surface area (Å²) in [6.45, 7) is 30.8. The van der Waals surface area contributed by atoms with E-state index in [4.69, 9.17) is 0 Å². The number of hydrogen-bond acceptors (Lipinski definition) is 2. The summed E-state index contributed by atoms with van der Waals surface area (Å²) in [4.78, 5) is 2.45. The molecule has 0 spiro atoms. The summed E-state index contributed by atoms with van der Waals surface area (Å²) in [5, 5.41) is 3.36. The molecule has 0 aromatic carbocycles. The highest BCUT2D eigenvalue weighted by Gasteiger charge is 2.09. The minimum absolute atomic E-state index is 0.817. The molecule has 1 saturated heterocycles. The van der Waals surface area contributed by atoms with Gasteiger partial charge in [0.05, 0.1) is 0 Å². The number of nitrogens with zero attached hydrogens (tertiary/aromatic N) is 1. The molecular formula is C32H58N2. The number of allylic oxidation sites excluding steroid dienone is 8. The fourth-order valence-electron chi connectivity index (χ4n) is 3.79. The third kappa shape index (κ3) is 18.7. The van der Waals surface area contributed by atoms with Crippen molar-refractivity contribution in [1.29, 1.82) is 0 Å². The van der Waals surface area contributed by atoms with Gasteiger partial charge in [0.1, 0.15) is 0 Å².